The minimum absolute atomic E-state index is 0.0286. The van der Waals surface area contributed by atoms with Crippen molar-refractivity contribution in [3.63, 3.8) is 0 Å². The third kappa shape index (κ3) is 3.68. The molecule has 0 aromatic heterocycles. The van der Waals surface area contributed by atoms with E-state index < -0.39 is 0 Å². The Balaban J connectivity index is 1.54. The van der Waals surface area contributed by atoms with Gasteiger partial charge in [0.1, 0.15) is 5.78 Å². The second-order valence-electron chi connectivity index (χ2n) is 9.32. The van der Waals surface area contributed by atoms with Crippen molar-refractivity contribution in [1.29, 1.82) is 0 Å². The molecule has 0 bridgehead atoms. The van der Waals surface area contributed by atoms with E-state index in [0.717, 1.165) is 12.0 Å². The topological polar surface area (TPSA) is 63.4 Å². The van der Waals surface area contributed by atoms with Gasteiger partial charge in [0.25, 0.3) is 0 Å². The SMILES string of the molecule is NC[C@@H](C(=O)N1C[C@@H]2C(=O)CCC(c3ccccc3)(c3ccccc3)[C@@H]2C1)c1ccccc1. The number of carbonyl (C=O) groups excluding carboxylic acids is 2. The van der Waals surface area contributed by atoms with Crippen LogP contribution in [0.15, 0.2) is 91.0 Å². The Kier molecular flexibility index (Phi) is 5.86. The van der Waals surface area contributed by atoms with Crippen molar-refractivity contribution >= 4 is 11.7 Å². The van der Waals surface area contributed by atoms with Crippen LogP contribution in [0.25, 0.3) is 0 Å². The first-order valence-corrected chi connectivity index (χ1v) is 11.8. The first-order valence-electron chi connectivity index (χ1n) is 11.8. The normalized spacial score (nSPS) is 22.6. The summed E-state index contributed by atoms with van der Waals surface area (Å²) in [6.07, 6.45) is 1.30. The van der Waals surface area contributed by atoms with Crippen LogP contribution in [0.4, 0.5) is 0 Å². The first kappa shape index (κ1) is 21.6. The number of likely N-dealkylation sites (tertiary alicyclic amines) is 1. The average Bonchev–Trinajstić information content (AvgIpc) is 3.34. The molecule has 2 N–H and O–H groups in total. The highest BCUT2D eigenvalue weighted by atomic mass is 16.2. The fraction of sp³-hybridized carbons (Fsp3) is 0.310. The van der Waals surface area contributed by atoms with Crippen LogP contribution < -0.4 is 5.73 Å². The minimum atomic E-state index is -0.385. The molecule has 1 aliphatic heterocycles. The fourth-order valence-corrected chi connectivity index (χ4v) is 6.14. The second-order valence-corrected chi connectivity index (χ2v) is 9.32. The van der Waals surface area contributed by atoms with Crippen LogP contribution in [0.5, 0.6) is 0 Å². The predicted octanol–water partition coefficient (Wildman–Crippen LogP) is 4.15. The van der Waals surface area contributed by atoms with Gasteiger partial charge < -0.3 is 10.6 Å². The van der Waals surface area contributed by atoms with E-state index >= 15 is 0 Å². The molecule has 3 atom stereocenters. The summed E-state index contributed by atoms with van der Waals surface area (Å²) in [6, 6.07) is 30.8. The molecule has 0 spiro atoms. The Hall–Kier alpha value is -3.24. The number of hydrogen-bond acceptors (Lipinski definition) is 3. The number of nitrogens with two attached hydrogens (primary N) is 1. The van der Waals surface area contributed by atoms with E-state index in [1.807, 2.05) is 47.4 Å². The summed E-state index contributed by atoms with van der Waals surface area (Å²) in [4.78, 5) is 28.7. The molecule has 168 valence electrons. The van der Waals surface area contributed by atoms with Crippen molar-refractivity contribution in [3.8, 4) is 0 Å². The molecule has 3 aromatic rings. The van der Waals surface area contributed by atoms with Crippen molar-refractivity contribution in [2.75, 3.05) is 19.6 Å². The highest BCUT2D eigenvalue weighted by Gasteiger charge is 2.55. The van der Waals surface area contributed by atoms with Crippen molar-refractivity contribution < 1.29 is 9.59 Å². The zero-order valence-electron chi connectivity index (χ0n) is 18.8. The largest absolute Gasteiger partial charge is 0.341 e. The quantitative estimate of drug-likeness (QED) is 0.651. The van der Waals surface area contributed by atoms with Gasteiger partial charge in [-0.3, -0.25) is 9.59 Å². The maximum absolute atomic E-state index is 13.6. The van der Waals surface area contributed by atoms with Crippen LogP contribution in [0, 0.1) is 11.8 Å². The molecule has 5 rings (SSSR count). The number of rotatable bonds is 5. The summed E-state index contributed by atoms with van der Waals surface area (Å²) >= 11 is 0. The van der Waals surface area contributed by atoms with Crippen LogP contribution in [-0.2, 0) is 15.0 Å². The van der Waals surface area contributed by atoms with E-state index in [4.69, 9.17) is 5.73 Å². The summed E-state index contributed by atoms with van der Waals surface area (Å²) in [5.41, 5.74) is 9.17. The van der Waals surface area contributed by atoms with Gasteiger partial charge in [0, 0.05) is 43.3 Å². The molecule has 33 heavy (non-hydrogen) atoms. The Morgan fingerprint density at radius 2 is 1.42 bits per heavy atom. The minimum Gasteiger partial charge on any atom is -0.341 e. The lowest BCUT2D eigenvalue weighted by Gasteiger charge is -2.45. The summed E-state index contributed by atoms with van der Waals surface area (Å²) in [5.74, 6) is -0.189. The maximum atomic E-state index is 13.6. The maximum Gasteiger partial charge on any atom is 0.231 e. The van der Waals surface area contributed by atoms with Gasteiger partial charge in [0.2, 0.25) is 5.91 Å². The number of amides is 1. The Morgan fingerprint density at radius 3 is 1.97 bits per heavy atom. The van der Waals surface area contributed by atoms with Crippen LogP contribution in [0.1, 0.15) is 35.4 Å². The molecule has 0 radical (unpaired) electrons. The first-order chi connectivity index (χ1) is 16.1. The smallest absolute Gasteiger partial charge is 0.231 e. The van der Waals surface area contributed by atoms with Gasteiger partial charge in [-0.2, -0.15) is 0 Å². The molecule has 4 nitrogen and oxygen atoms in total. The van der Waals surface area contributed by atoms with E-state index in [9.17, 15) is 9.59 Å². The van der Waals surface area contributed by atoms with E-state index in [2.05, 4.69) is 48.5 Å². The van der Waals surface area contributed by atoms with Gasteiger partial charge in [-0.1, -0.05) is 91.0 Å². The van der Waals surface area contributed by atoms with Crippen LogP contribution in [0.2, 0.25) is 0 Å². The Labute approximate surface area is 195 Å². The van der Waals surface area contributed by atoms with E-state index in [0.29, 0.717) is 19.5 Å². The van der Waals surface area contributed by atoms with Gasteiger partial charge in [-0.05, 0) is 23.1 Å². The molecule has 1 saturated heterocycles. The lowest BCUT2D eigenvalue weighted by molar-refractivity contribution is -0.131. The summed E-state index contributed by atoms with van der Waals surface area (Å²) in [5, 5.41) is 0. The molecule has 2 fully saturated rings. The van der Waals surface area contributed by atoms with Gasteiger partial charge in [-0.15, -0.1) is 0 Å². The number of nitrogens with zero attached hydrogens (tertiary/aromatic N) is 1. The van der Waals surface area contributed by atoms with Crippen LogP contribution in [0.3, 0.4) is 0 Å². The number of Topliss-reactive ketones (excluding diaryl/α,β-unsaturated/α-hetero) is 1. The van der Waals surface area contributed by atoms with E-state index in [-0.39, 0.29) is 41.4 Å². The fourth-order valence-electron chi connectivity index (χ4n) is 6.14. The van der Waals surface area contributed by atoms with Gasteiger partial charge in [0.15, 0.2) is 0 Å². The zero-order chi connectivity index (χ0) is 22.8. The van der Waals surface area contributed by atoms with Crippen molar-refractivity contribution in [2.24, 2.45) is 17.6 Å². The van der Waals surface area contributed by atoms with Crippen molar-refractivity contribution in [1.82, 2.24) is 4.90 Å². The average molecular weight is 439 g/mol. The monoisotopic (exact) mass is 438 g/mol. The Bertz CT molecular complexity index is 1070. The predicted molar refractivity (Wildman–Crippen MR) is 130 cm³/mol. The molecule has 0 unspecified atom stereocenters. The molecule has 1 saturated carbocycles. The second kappa shape index (κ2) is 8.95. The number of hydrogen-bond donors (Lipinski definition) is 1. The third-order valence-corrected chi connectivity index (χ3v) is 7.76. The standard InChI is InChI=1S/C29H30N2O2/c30-18-24(21-10-4-1-5-11-21)28(33)31-19-25-26(20-31)29(17-16-27(25)32,22-12-6-2-7-13-22)23-14-8-3-9-15-23/h1-15,24-26H,16-20,30H2/t24-,25+,26-/m1/s1. The van der Waals surface area contributed by atoms with E-state index in [1.165, 1.54) is 11.1 Å². The van der Waals surface area contributed by atoms with E-state index in [1.54, 1.807) is 0 Å². The summed E-state index contributed by atoms with van der Waals surface area (Å²) in [7, 11) is 0. The molecule has 1 heterocycles. The number of fused-ring (bicyclic) bond motifs is 1. The van der Waals surface area contributed by atoms with Gasteiger partial charge in [-0.25, -0.2) is 0 Å². The summed E-state index contributed by atoms with van der Waals surface area (Å²) < 4.78 is 0. The number of benzene rings is 3. The number of carbonyl (C=O) groups is 2. The third-order valence-electron chi connectivity index (χ3n) is 7.76. The lowest BCUT2D eigenvalue weighted by Crippen LogP contribution is -2.47. The van der Waals surface area contributed by atoms with Crippen LogP contribution in [-0.4, -0.2) is 36.2 Å². The molecule has 1 aliphatic carbocycles. The molecule has 3 aromatic carbocycles. The highest BCUT2D eigenvalue weighted by molar-refractivity contribution is 5.88. The molecular formula is C29H30N2O2. The van der Waals surface area contributed by atoms with Crippen LogP contribution >= 0.6 is 0 Å². The van der Waals surface area contributed by atoms with Gasteiger partial charge >= 0.3 is 0 Å². The molecule has 2 aliphatic rings. The van der Waals surface area contributed by atoms with Gasteiger partial charge in [0.05, 0.1) is 5.92 Å². The van der Waals surface area contributed by atoms with Crippen molar-refractivity contribution in [3.05, 3.63) is 108 Å². The lowest BCUT2D eigenvalue weighted by atomic mass is 9.56. The zero-order valence-corrected chi connectivity index (χ0v) is 18.8. The number of ketones is 1. The molecule has 1 amide bonds. The summed E-state index contributed by atoms with van der Waals surface area (Å²) in [6.45, 7) is 1.31. The Morgan fingerprint density at radius 1 is 0.879 bits per heavy atom. The van der Waals surface area contributed by atoms with Crippen molar-refractivity contribution in [2.45, 2.75) is 24.2 Å². The molecular weight excluding hydrogens is 408 g/mol. The molecule has 4 heteroatoms. The highest BCUT2D eigenvalue weighted by Crippen LogP contribution is 2.52.